The van der Waals surface area contributed by atoms with Crippen LogP contribution in [0.4, 0.5) is 5.69 Å². The Hall–Kier alpha value is -1.02. The van der Waals surface area contributed by atoms with E-state index in [0.717, 1.165) is 0 Å². The Morgan fingerprint density at radius 2 is 1.75 bits per heavy atom. The molecule has 2 rings (SSSR count). The average Bonchev–Trinajstić information content (AvgIpc) is 2.96. The monoisotopic (exact) mass is 274 g/mol. The van der Waals surface area contributed by atoms with E-state index in [1.807, 2.05) is 0 Å². The van der Waals surface area contributed by atoms with E-state index in [0.29, 0.717) is 5.92 Å². The second-order valence-corrected chi connectivity index (χ2v) is 6.33. The summed E-state index contributed by atoms with van der Waals surface area (Å²) in [6.07, 6.45) is 6.74. The Balaban J connectivity index is 2.03. The highest BCUT2D eigenvalue weighted by atomic mass is 15.1. The highest BCUT2D eigenvalue weighted by Gasteiger charge is 2.18. The van der Waals surface area contributed by atoms with Crippen LogP contribution in [0.2, 0.25) is 0 Å². The summed E-state index contributed by atoms with van der Waals surface area (Å²) in [5, 5.41) is 0. The molecule has 1 unspecified atom stereocenters. The van der Waals surface area contributed by atoms with E-state index < -0.39 is 0 Å². The third-order valence-electron chi connectivity index (χ3n) is 4.46. The summed E-state index contributed by atoms with van der Waals surface area (Å²) in [5.41, 5.74) is 2.82. The van der Waals surface area contributed by atoms with Crippen LogP contribution in [-0.2, 0) is 0 Å². The van der Waals surface area contributed by atoms with Crippen LogP contribution in [0, 0.1) is 0 Å². The van der Waals surface area contributed by atoms with Crippen LogP contribution in [0.15, 0.2) is 24.3 Å². The number of rotatable bonds is 7. The Morgan fingerprint density at radius 1 is 1.10 bits per heavy atom. The summed E-state index contributed by atoms with van der Waals surface area (Å²) in [7, 11) is 4.21. The first-order valence-electron chi connectivity index (χ1n) is 8.20. The van der Waals surface area contributed by atoms with Crippen molar-refractivity contribution in [3.63, 3.8) is 0 Å². The Kier molecular flexibility index (Phi) is 5.90. The van der Waals surface area contributed by atoms with Crippen LogP contribution in [0.3, 0.4) is 0 Å². The Morgan fingerprint density at radius 3 is 2.30 bits per heavy atom. The zero-order chi connectivity index (χ0) is 14.4. The number of unbranched alkanes of at least 4 members (excludes halogenated alkanes) is 1. The summed E-state index contributed by atoms with van der Waals surface area (Å²) in [4.78, 5) is 4.82. The van der Waals surface area contributed by atoms with Crippen molar-refractivity contribution in [2.45, 2.75) is 44.9 Å². The first-order chi connectivity index (χ1) is 9.70. The van der Waals surface area contributed by atoms with Crippen LogP contribution in [0.25, 0.3) is 0 Å². The molecule has 112 valence electrons. The number of likely N-dealkylation sites (tertiary alicyclic amines) is 1. The molecule has 2 nitrogen and oxygen atoms in total. The lowest BCUT2D eigenvalue weighted by atomic mass is 9.93. The summed E-state index contributed by atoms with van der Waals surface area (Å²) < 4.78 is 0. The zero-order valence-electron chi connectivity index (χ0n) is 13.4. The van der Waals surface area contributed by atoms with E-state index in [2.05, 4.69) is 55.1 Å². The van der Waals surface area contributed by atoms with E-state index in [1.54, 1.807) is 0 Å². The summed E-state index contributed by atoms with van der Waals surface area (Å²) in [6, 6.07) is 9.20. The van der Waals surface area contributed by atoms with Crippen LogP contribution < -0.4 is 4.90 Å². The number of hydrogen-bond acceptors (Lipinski definition) is 2. The third kappa shape index (κ3) is 4.24. The van der Waals surface area contributed by atoms with Crippen molar-refractivity contribution >= 4 is 5.69 Å². The van der Waals surface area contributed by atoms with E-state index >= 15 is 0 Å². The maximum Gasteiger partial charge on any atom is 0.0361 e. The maximum atomic E-state index is 2.65. The third-order valence-corrected chi connectivity index (χ3v) is 4.46. The minimum atomic E-state index is 0.712. The normalized spacial score (nSPS) is 17.4. The molecule has 1 heterocycles. The second-order valence-electron chi connectivity index (χ2n) is 6.33. The average molecular weight is 274 g/mol. The minimum absolute atomic E-state index is 0.712. The zero-order valence-corrected chi connectivity index (χ0v) is 13.4. The molecule has 1 aliphatic rings. The van der Waals surface area contributed by atoms with Gasteiger partial charge in [-0.2, -0.15) is 0 Å². The van der Waals surface area contributed by atoms with E-state index in [4.69, 9.17) is 0 Å². The quantitative estimate of drug-likeness (QED) is 0.738. The lowest BCUT2D eigenvalue weighted by Crippen LogP contribution is -2.25. The van der Waals surface area contributed by atoms with Crippen LogP contribution in [-0.4, -0.2) is 38.6 Å². The van der Waals surface area contributed by atoms with Gasteiger partial charge < -0.3 is 9.80 Å². The minimum Gasteiger partial charge on any atom is -0.378 e. The first kappa shape index (κ1) is 15.4. The molecule has 1 aliphatic heterocycles. The molecule has 0 saturated carbocycles. The van der Waals surface area contributed by atoms with Gasteiger partial charge in [0, 0.05) is 26.3 Å². The number of nitrogens with zero attached hydrogens (tertiary/aromatic N) is 2. The highest BCUT2D eigenvalue weighted by Crippen LogP contribution is 2.26. The van der Waals surface area contributed by atoms with E-state index in [-0.39, 0.29) is 0 Å². The molecule has 0 amide bonds. The molecule has 20 heavy (non-hydrogen) atoms. The van der Waals surface area contributed by atoms with Gasteiger partial charge in [0.1, 0.15) is 0 Å². The molecule has 0 spiro atoms. The van der Waals surface area contributed by atoms with Gasteiger partial charge in [-0.15, -0.1) is 0 Å². The molecule has 2 heteroatoms. The summed E-state index contributed by atoms with van der Waals surface area (Å²) in [5.74, 6) is 0.712. The summed E-state index contributed by atoms with van der Waals surface area (Å²) >= 11 is 0. The van der Waals surface area contributed by atoms with Gasteiger partial charge in [0.25, 0.3) is 0 Å². The van der Waals surface area contributed by atoms with Crippen molar-refractivity contribution < 1.29 is 0 Å². The lowest BCUT2D eigenvalue weighted by molar-refractivity contribution is 0.305. The fourth-order valence-electron chi connectivity index (χ4n) is 3.14. The highest BCUT2D eigenvalue weighted by molar-refractivity contribution is 5.46. The number of hydrogen-bond donors (Lipinski definition) is 0. The van der Waals surface area contributed by atoms with Gasteiger partial charge in [-0.1, -0.05) is 31.9 Å². The van der Waals surface area contributed by atoms with Crippen LogP contribution >= 0.6 is 0 Å². The standard InChI is InChI=1S/C18H30N2/c1-4-5-8-17(15-20-13-6-7-14-20)16-9-11-18(12-10-16)19(2)3/h9-12,17H,4-8,13-15H2,1-3H3. The Bertz CT molecular complexity index is 377. The molecular formula is C18H30N2. The molecule has 1 aromatic rings. The van der Waals surface area contributed by atoms with Gasteiger partial charge in [0.05, 0.1) is 0 Å². The molecule has 1 atom stereocenters. The molecule has 0 aromatic heterocycles. The van der Waals surface area contributed by atoms with Crippen molar-refractivity contribution in [2.24, 2.45) is 0 Å². The largest absolute Gasteiger partial charge is 0.378 e. The molecule has 0 radical (unpaired) electrons. The van der Waals surface area contributed by atoms with Gasteiger partial charge in [0.15, 0.2) is 0 Å². The first-order valence-corrected chi connectivity index (χ1v) is 8.20. The molecule has 1 saturated heterocycles. The van der Waals surface area contributed by atoms with Gasteiger partial charge >= 0.3 is 0 Å². The fraction of sp³-hybridized carbons (Fsp3) is 0.667. The second kappa shape index (κ2) is 7.68. The molecule has 0 N–H and O–H groups in total. The summed E-state index contributed by atoms with van der Waals surface area (Å²) in [6.45, 7) is 6.15. The van der Waals surface area contributed by atoms with Crippen LogP contribution in [0.1, 0.15) is 50.5 Å². The van der Waals surface area contributed by atoms with Crippen molar-refractivity contribution in [2.75, 3.05) is 38.6 Å². The predicted molar refractivity (Wildman–Crippen MR) is 88.7 cm³/mol. The van der Waals surface area contributed by atoms with Crippen molar-refractivity contribution in [1.29, 1.82) is 0 Å². The molecule has 0 bridgehead atoms. The van der Waals surface area contributed by atoms with Crippen molar-refractivity contribution in [3.8, 4) is 0 Å². The molecule has 0 aliphatic carbocycles. The molecule has 1 fully saturated rings. The van der Waals surface area contributed by atoms with Gasteiger partial charge in [-0.25, -0.2) is 0 Å². The predicted octanol–water partition coefficient (Wildman–Crippen LogP) is 4.12. The van der Waals surface area contributed by atoms with E-state index in [1.165, 1.54) is 63.0 Å². The van der Waals surface area contributed by atoms with Gasteiger partial charge in [0.2, 0.25) is 0 Å². The van der Waals surface area contributed by atoms with Gasteiger partial charge in [-0.05, 0) is 56.0 Å². The lowest BCUT2D eigenvalue weighted by Gasteiger charge is -2.24. The number of anilines is 1. The van der Waals surface area contributed by atoms with Gasteiger partial charge in [-0.3, -0.25) is 0 Å². The number of benzene rings is 1. The maximum absolute atomic E-state index is 2.65. The van der Waals surface area contributed by atoms with Crippen molar-refractivity contribution in [1.82, 2.24) is 4.90 Å². The van der Waals surface area contributed by atoms with Crippen LogP contribution in [0.5, 0.6) is 0 Å². The molecule has 1 aromatic carbocycles. The fourth-order valence-corrected chi connectivity index (χ4v) is 3.14. The smallest absolute Gasteiger partial charge is 0.0361 e. The molecular weight excluding hydrogens is 244 g/mol. The van der Waals surface area contributed by atoms with Crippen molar-refractivity contribution in [3.05, 3.63) is 29.8 Å². The topological polar surface area (TPSA) is 6.48 Å². The Labute approximate surface area is 124 Å². The SMILES string of the molecule is CCCCC(CN1CCCC1)c1ccc(N(C)C)cc1. The van der Waals surface area contributed by atoms with E-state index in [9.17, 15) is 0 Å².